The van der Waals surface area contributed by atoms with Gasteiger partial charge in [0.2, 0.25) is 11.7 Å². The zero-order chi connectivity index (χ0) is 19.1. The van der Waals surface area contributed by atoms with Crippen LogP contribution in [0.2, 0.25) is 0 Å². The number of esters is 1. The molecule has 1 aliphatic heterocycles. The normalized spacial score (nSPS) is 17.0. The molecule has 1 heterocycles. The summed E-state index contributed by atoms with van der Waals surface area (Å²) in [6.07, 6.45) is 0.621. The summed E-state index contributed by atoms with van der Waals surface area (Å²) < 4.78 is 21.1. The van der Waals surface area contributed by atoms with Gasteiger partial charge in [-0.15, -0.1) is 11.8 Å². The van der Waals surface area contributed by atoms with Crippen LogP contribution in [0.25, 0.3) is 0 Å². The SMILES string of the molecule is CCOC(=O)CCN1C(=O)CCSC1c1cc(OC)c(OC)c(OC)c1. The Labute approximate surface area is 157 Å². The van der Waals surface area contributed by atoms with E-state index in [1.165, 1.54) is 0 Å². The van der Waals surface area contributed by atoms with Crippen LogP contribution in [-0.4, -0.2) is 57.0 Å². The van der Waals surface area contributed by atoms with E-state index in [1.807, 2.05) is 12.1 Å². The number of thioether (sulfide) groups is 1. The number of ether oxygens (including phenoxy) is 4. The van der Waals surface area contributed by atoms with Crippen molar-refractivity contribution >= 4 is 23.6 Å². The monoisotopic (exact) mass is 383 g/mol. The standard InChI is InChI=1S/C18H25NO6S/c1-5-25-16(21)6-8-19-15(20)7-9-26-18(19)12-10-13(22-2)17(24-4)14(11-12)23-3/h10-11,18H,5-9H2,1-4H3. The van der Waals surface area contributed by atoms with Crippen molar-refractivity contribution in [3.63, 3.8) is 0 Å². The first kappa shape index (κ1) is 20.2. The van der Waals surface area contributed by atoms with Crippen molar-refractivity contribution in [2.45, 2.75) is 25.1 Å². The lowest BCUT2D eigenvalue weighted by Crippen LogP contribution is -2.38. The van der Waals surface area contributed by atoms with E-state index in [2.05, 4.69) is 0 Å². The molecule has 0 spiro atoms. The van der Waals surface area contributed by atoms with Gasteiger partial charge >= 0.3 is 5.97 Å². The van der Waals surface area contributed by atoms with Crippen LogP contribution in [0.1, 0.15) is 30.7 Å². The highest BCUT2D eigenvalue weighted by Crippen LogP contribution is 2.45. The Balaban J connectivity index is 2.30. The van der Waals surface area contributed by atoms with Gasteiger partial charge in [0, 0.05) is 18.7 Å². The van der Waals surface area contributed by atoms with E-state index < -0.39 is 0 Å². The molecule has 0 aromatic heterocycles. The molecule has 2 rings (SSSR count). The molecule has 1 aromatic rings. The summed E-state index contributed by atoms with van der Waals surface area (Å²) in [5.41, 5.74) is 0.862. The number of rotatable bonds is 8. The van der Waals surface area contributed by atoms with Crippen LogP contribution in [0.3, 0.4) is 0 Å². The molecule has 0 aliphatic carbocycles. The molecule has 8 heteroatoms. The second kappa shape index (κ2) is 9.56. The van der Waals surface area contributed by atoms with Crippen molar-refractivity contribution in [2.75, 3.05) is 40.2 Å². The number of amides is 1. The first-order valence-corrected chi connectivity index (χ1v) is 9.47. The Bertz CT molecular complexity index is 626. The predicted molar refractivity (Wildman–Crippen MR) is 98.9 cm³/mol. The van der Waals surface area contributed by atoms with Crippen molar-refractivity contribution in [1.29, 1.82) is 0 Å². The van der Waals surface area contributed by atoms with Crippen LogP contribution in [0.15, 0.2) is 12.1 Å². The van der Waals surface area contributed by atoms with Crippen LogP contribution in [0.5, 0.6) is 17.2 Å². The minimum Gasteiger partial charge on any atom is -0.493 e. The van der Waals surface area contributed by atoms with E-state index in [1.54, 1.807) is 44.9 Å². The Kier molecular flexibility index (Phi) is 7.44. The lowest BCUT2D eigenvalue weighted by atomic mass is 10.1. The van der Waals surface area contributed by atoms with Crippen LogP contribution >= 0.6 is 11.8 Å². The third-order valence-corrected chi connectivity index (χ3v) is 5.31. The largest absolute Gasteiger partial charge is 0.493 e. The quantitative estimate of drug-likeness (QED) is 0.639. The third kappa shape index (κ3) is 4.55. The van der Waals surface area contributed by atoms with Crippen LogP contribution in [0.4, 0.5) is 0 Å². The van der Waals surface area contributed by atoms with Gasteiger partial charge in [-0.25, -0.2) is 0 Å². The van der Waals surface area contributed by atoms with Gasteiger partial charge in [0.1, 0.15) is 5.37 Å². The molecule has 0 radical (unpaired) electrons. The van der Waals surface area contributed by atoms with E-state index in [0.717, 1.165) is 11.3 Å². The van der Waals surface area contributed by atoms with Crippen LogP contribution in [0, 0.1) is 0 Å². The molecular formula is C18H25NO6S. The van der Waals surface area contributed by atoms with Crippen LogP contribution in [-0.2, 0) is 14.3 Å². The van der Waals surface area contributed by atoms with E-state index >= 15 is 0 Å². The molecule has 1 atom stereocenters. The maximum absolute atomic E-state index is 12.5. The first-order valence-electron chi connectivity index (χ1n) is 8.42. The molecule has 0 bridgehead atoms. The molecule has 0 saturated carbocycles. The maximum atomic E-state index is 12.5. The summed E-state index contributed by atoms with van der Waals surface area (Å²) in [7, 11) is 4.65. The number of hydrogen-bond donors (Lipinski definition) is 0. The van der Waals surface area contributed by atoms with E-state index in [9.17, 15) is 9.59 Å². The zero-order valence-corrected chi connectivity index (χ0v) is 16.4. The second-order valence-corrected chi connectivity index (χ2v) is 6.76. The molecule has 1 saturated heterocycles. The summed E-state index contributed by atoms with van der Waals surface area (Å²) in [6.45, 7) is 2.41. The van der Waals surface area contributed by atoms with Crippen molar-refractivity contribution in [1.82, 2.24) is 4.90 Å². The Morgan fingerprint density at radius 1 is 1.19 bits per heavy atom. The zero-order valence-electron chi connectivity index (χ0n) is 15.6. The molecule has 1 unspecified atom stereocenters. The number of hydrogen-bond acceptors (Lipinski definition) is 7. The van der Waals surface area contributed by atoms with Gasteiger partial charge in [-0.3, -0.25) is 9.59 Å². The molecular weight excluding hydrogens is 358 g/mol. The number of nitrogens with zero attached hydrogens (tertiary/aromatic N) is 1. The van der Waals surface area contributed by atoms with Crippen molar-refractivity contribution in [2.24, 2.45) is 0 Å². The highest BCUT2D eigenvalue weighted by molar-refractivity contribution is 7.99. The van der Waals surface area contributed by atoms with E-state index in [0.29, 0.717) is 36.8 Å². The van der Waals surface area contributed by atoms with Gasteiger partial charge < -0.3 is 23.8 Å². The Morgan fingerprint density at radius 2 is 1.85 bits per heavy atom. The molecule has 1 aromatic carbocycles. The molecule has 1 fully saturated rings. The lowest BCUT2D eigenvalue weighted by Gasteiger charge is -2.35. The maximum Gasteiger partial charge on any atom is 0.307 e. The van der Waals surface area contributed by atoms with Gasteiger partial charge in [-0.1, -0.05) is 0 Å². The van der Waals surface area contributed by atoms with Crippen molar-refractivity contribution < 1.29 is 28.5 Å². The third-order valence-electron chi connectivity index (χ3n) is 4.03. The minimum absolute atomic E-state index is 0.0202. The van der Waals surface area contributed by atoms with E-state index in [4.69, 9.17) is 18.9 Å². The summed E-state index contributed by atoms with van der Waals surface area (Å²) in [4.78, 5) is 25.9. The van der Waals surface area contributed by atoms with Crippen molar-refractivity contribution in [3.05, 3.63) is 17.7 Å². The summed E-state index contributed by atoms with van der Waals surface area (Å²) in [6, 6.07) is 3.68. The van der Waals surface area contributed by atoms with Crippen LogP contribution < -0.4 is 14.2 Å². The smallest absolute Gasteiger partial charge is 0.307 e. The fraction of sp³-hybridized carbons (Fsp3) is 0.556. The Hall–Kier alpha value is -2.09. The summed E-state index contributed by atoms with van der Waals surface area (Å²) in [5.74, 6) is 2.00. The minimum atomic E-state index is -0.306. The Morgan fingerprint density at radius 3 is 2.38 bits per heavy atom. The predicted octanol–water partition coefficient (Wildman–Crippen LogP) is 2.63. The molecule has 144 valence electrons. The fourth-order valence-electron chi connectivity index (χ4n) is 2.83. The average molecular weight is 383 g/mol. The van der Waals surface area contributed by atoms with Gasteiger partial charge in [-0.2, -0.15) is 0 Å². The lowest BCUT2D eigenvalue weighted by molar-refractivity contribution is -0.144. The summed E-state index contributed by atoms with van der Waals surface area (Å²) >= 11 is 1.65. The number of benzene rings is 1. The molecule has 7 nitrogen and oxygen atoms in total. The number of methoxy groups -OCH3 is 3. The van der Waals surface area contributed by atoms with Crippen molar-refractivity contribution in [3.8, 4) is 17.2 Å². The molecule has 26 heavy (non-hydrogen) atoms. The highest BCUT2D eigenvalue weighted by atomic mass is 32.2. The van der Waals surface area contributed by atoms with Gasteiger partial charge in [0.15, 0.2) is 11.5 Å². The second-order valence-electron chi connectivity index (χ2n) is 5.57. The highest BCUT2D eigenvalue weighted by Gasteiger charge is 2.31. The fourth-order valence-corrected chi connectivity index (χ4v) is 4.08. The summed E-state index contributed by atoms with van der Waals surface area (Å²) in [5, 5.41) is -0.223. The van der Waals surface area contributed by atoms with Gasteiger partial charge in [0.05, 0.1) is 34.4 Å². The number of carbonyl (C=O) groups is 2. The molecule has 1 amide bonds. The topological polar surface area (TPSA) is 74.3 Å². The molecule has 0 N–H and O–H groups in total. The van der Waals surface area contributed by atoms with Gasteiger partial charge in [0.25, 0.3) is 0 Å². The molecule has 1 aliphatic rings. The average Bonchev–Trinajstić information content (AvgIpc) is 2.65. The first-order chi connectivity index (χ1) is 12.5. The number of carbonyl (C=O) groups excluding carboxylic acids is 2. The van der Waals surface area contributed by atoms with Gasteiger partial charge in [-0.05, 0) is 24.6 Å². The van der Waals surface area contributed by atoms with E-state index in [-0.39, 0.29) is 23.7 Å².